The third-order valence-electron chi connectivity index (χ3n) is 1.82. The first-order chi connectivity index (χ1) is 7.58. The Bertz CT molecular complexity index is 468. The smallest absolute Gasteiger partial charge is 0.183 e. The molecule has 6 heteroatoms. The lowest BCUT2D eigenvalue weighted by Gasteiger charge is -2.04. The summed E-state index contributed by atoms with van der Waals surface area (Å²) in [5.41, 5.74) is 1.34. The van der Waals surface area contributed by atoms with E-state index in [1.807, 2.05) is 0 Å². The summed E-state index contributed by atoms with van der Waals surface area (Å²) in [7, 11) is 0. The normalized spacial score (nSPS) is 11.1. The number of amidine groups is 1. The summed E-state index contributed by atoms with van der Waals surface area (Å²) in [5, 5.41) is 11.4. The molecule has 0 aromatic heterocycles. The number of halogens is 2. The summed E-state index contributed by atoms with van der Waals surface area (Å²) < 4.78 is 13.5. The van der Waals surface area contributed by atoms with Crippen molar-refractivity contribution in [3.05, 3.63) is 28.0 Å². The molecule has 3 nitrogen and oxygen atoms in total. The van der Waals surface area contributed by atoms with Gasteiger partial charge in [-0.25, -0.2) is 9.38 Å². The molecule has 1 aromatic rings. The molecular weight excluding hydrogens is 293 g/mol. The third-order valence-corrected chi connectivity index (χ3v) is 3.00. The van der Waals surface area contributed by atoms with Gasteiger partial charge in [0.2, 0.25) is 0 Å². The Balaban J connectivity index is 3.14. The number of nitrogens with one attached hydrogen (secondary N) is 1. The first kappa shape index (κ1) is 13.0. The average molecular weight is 302 g/mol. The summed E-state index contributed by atoms with van der Waals surface area (Å²) in [6, 6.07) is 2.98. The van der Waals surface area contributed by atoms with Crippen molar-refractivity contribution >= 4 is 38.5 Å². The SMILES string of the molecule is CSC(=Nc1cc(Br)c(F)cc1C)NC#N. The molecule has 0 unspecified atom stereocenters. The van der Waals surface area contributed by atoms with Crippen LogP contribution in [0.25, 0.3) is 0 Å². The molecule has 0 amide bonds. The number of nitriles is 1. The molecule has 0 aliphatic heterocycles. The van der Waals surface area contributed by atoms with Gasteiger partial charge in [0.25, 0.3) is 0 Å². The second-order valence-corrected chi connectivity index (χ2v) is 4.56. The van der Waals surface area contributed by atoms with E-state index in [1.165, 1.54) is 17.8 Å². The fourth-order valence-corrected chi connectivity index (χ4v) is 1.71. The Hall–Kier alpha value is -1.06. The van der Waals surface area contributed by atoms with E-state index in [2.05, 4.69) is 26.2 Å². The zero-order chi connectivity index (χ0) is 12.1. The van der Waals surface area contributed by atoms with Crippen LogP contribution in [0.4, 0.5) is 10.1 Å². The molecule has 0 radical (unpaired) electrons. The summed E-state index contributed by atoms with van der Waals surface area (Å²) in [4.78, 5) is 4.22. The lowest BCUT2D eigenvalue weighted by atomic mass is 10.2. The van der Waals surface area contributed by atoms with E-state index in [9.17, 15) is 4.39 Å². The van der Waals surface area contributed by atoms with Crippen LogP contribution in [0.1, 0.15) is 5.56 Å². The standard InChI is InChI=1S/C10H9BrFN3S/c1-6-3-8(12)7(11)4-9(6)15-10(16-2)14-5-13/h3-4H,1-2H3,(H,14,15). The van der Waals surface area contributed by atoms with Gasteiger partial charge in [-0.2, -0.15) is 5.26 Å². The predicted octanol–water partition coefficient (Wildman–Crippen LogP) is 3.32. The van der Waals surface area contributed by atoms with Crippen LogP contribution < -0.4 is 5.32 Å². The van der Waals surface area contributed by atoms with E-state index in [0.29, 0.717) is 20.9 Å². The number of nitrogens with zero attached hydrogens (tertiary/aromatic N) is 2. The lowest BCUT2D eigenvalue weighted by molar-refractivity contribution is 0.620. The fraction of sp³-hybridized carbons (Fsp3) is 0.200. The summed E-state index contributed by atoms with van der Waals surface area (Å²) in [5.74, 6) is -0.324. The van der Waals surface area contributed by atoms with Crippen LogP contribution in [0.3, 0.4) is 0 Å². The average Bonchev–Trinajstić information content (AvgIpc) is 2.25. The number of aryl methyl sites for hydroxylation is 1. The number of rotatable bonds is 1. The van der Waals surface area contributed by atoms with E-state index in [4.69, 9.17) is 5.26 Å². The fourth-order valence-electron chi connectivity index (χ4n) is 1.04. The number of hydrogen-bond donors (Lipinski definition) is 1. The zero-order valence-corrected chi connectivity index (χ0v) is 11.1. The molecule has 1 N–H and O–H groups in total. The predicted molar refractivity (Wildman–Crippen MR) is 68.2 cm³/mol. The monoisotopic (exact) mass is 301 g/mol. The molecule has 16 heavy (non-hydrogen) atoms. The van der Waals surface area contributed by atoms with Gasteiger partial charge in [0.1, 0.15) is 5.82 Å². The highest BCUT2D eigenvalue weighted by Crippen LogP contribution is 2.27. The van der Waals surface area contributed by atoms with Crippen LogP contribution in [-0.4, -0.2) is 11.4 Å². The quantitative estimate of drug-likeness (QED) is 0.375. The molecule has 84 valence electrons. The van der Waals surface area contributed by atoms with Gasteiger partial charge in [0.15, 0.2) is 11.4 Å². The van der Waals surface area contributed by atoms with E-state index in [1.54, 1.807) is 25.4 Å². The van der Waals surface area contributed by atoms with Gasteiger partial charge in [0, 0.05) is 0 Å². The van der Waals surface area contributed by atoms with Gasteiger partial charge in [-0.05, 0) is 46.8 Å². The molecule has 0 fully saturated rings. The van der Waals surface area contributed by atoms with Crippen LogP contribution in [-0.2, 0) is 0 Å². The van der Waals surface area contributed by atoms with Crippen molar-refractivity contribution in [2.24, 2.45) is 4.99 Å². The second-order valence-electron chi connectivity index (χ2n) is 2.91. The van der Waals surface area contributed by atoms with Crippen molar-refractivity contribution in [1.82, 2.24) is 5.32 Å². The Kier molecular flexibility index (Phi) is 4.77. The molecule has 1 rings (SSSR count). The minimum atomic E-state index is -0.324. The van der Waals surface area contributed by atoms with Gasteiger partial charge in [-0.3, -0.25) is 5.32 Å². The summed E-state index contributed by atoms with van der Waals surface area (Å²) >= 11 is 4.41. The first-order valence-corrected chi connectivity index (χ1v) is 6.33. The van der Waals surface area contributed by atoms with E-state index < -0.39 is 0 Å². The Morgan fingerprint density at radius 3 is 2.88 bits per heavy atom. The van der Waals surface area contributed by atoms with Gasteiger partial charge >= 0.3 is 0 Å². The lowest BCUT2D eigenvalue weighted by Crippen LogP contribution is -2.12. The summed E-state index contributed by atoms with van der Waals surface area (Å²) in [6.07, 6.45) is 3.60. The molecule has 1 aromatic carbocycles. The van der Waals surface area contributed by atoms with Crippen LogP contribution in [0.5, 0.6) is 0 Å². The number of aliphatic imine (C=N–C) groups is 1. The first-order valence-electron chi connectivity index (χ1n) is 4.32. The highest BCUT2D eigenvalue weighted by Gasteiger charge is 2.05. The van der Waals surface area contributed by atoms with Gasteiger partial charge in [-0.1, -0.05) is 11.8 Å². The minimum Gasteiger partial charge on any atom is -0.271 e. The highest BCUT2D eigenvalue weighted by atomic mass is 79.9. The number of thioether (sulfide) groups is 1. The Morgan fingerprint density at radius 1 is 1.62 bits per heavy atom. The Morgan fingerprint density at radius 2 is 2.31 bits per heavy atom. The number of hydrogen-bond acceptors (Lipinski definition) is 3. The van der Waals surface area contributed by atoms with Crippen LogP contribution in [0, 0.1) is 24.2 Å². The summed E-state index contributed by atoms with van der Waals surface area (Å²) in [6.45, 7) is 1.76. The van der Waals surface area contributed by atoms with Crippen LogP contribution in [0.2, 0.25) is 0 Å². The van der Waals surface area contributed by atoms with Crippen molar-refractivity contribution in [1.29, 1.82) is 5.26 Å². The van der Waals surface area contributed by atoms with Crippen molar-refractivity contribution in [3.8, 4) is 6.19 Å². The molecule has 0 saturated heterocycles. The maximum absolute atomic E-state index is 13.2. The van der Waals surface area contributed by atoms with Gasteiger partial charge < -0.3 is 0 Å². The molecule has 0 heterocycles. The van der Waals surface area contributed by atoms with Crippen LogP contribution in [0.15, 0.2) is 21.6 Å². The number of benzene rings is 1. The molecule has 0 atom stereocenters. The second kappa shape index (κ2) is 5.87. The van der Waals surface area contributed by atoms with Gasteiger partial charge in [0.05, 0.1) is 10.2 Å². The third kappa shape index (κ3) is 3.22. The molecule has 0 spiro atoms. The van der Waals surface area contributed by atoms with E-state index in [0.717, 1.165) is 0 Å². The molecule has 0 saturated carbocycles. The maximum atomic E-state index is 13.2. The maximum Gasteiger partial charge on any atom is 0.183 e. The molecule has 0 bridgehead atoms. The van der Waals surface area contributed by atoms with E-state index in [-0.39, 0.29) is 5.82 Å². The topological polar surface area (TPSA) is 48.2 Å². The minimum absolute atomic E-state index is 0.324. The van der Waals surface area contributed by atoms with Gasteiger partial charge in [-0.15, -0.1) is 0 Å². The largest absolute Gasteiger partial charge is 0.271 e. The van der Waals surface area contributed by atoms with Crippen LogP contribution >= 0.6 is 27.7 Å². The van der Waals surface area contributed by atoms with Crippen molar-refractivity contribution < 1.29 is 4.39 Å². The van der Waals surface area contributed by atoms with Crippen molar-refractivity contribution in [2.45, 2.75) is 6.92 Å². The van der Waals surface area contributed by atoms with Crippen molar-refractivity contribution in [2.75, 3.05) is 6.26 Å². The highest BCUT2D eigenvalue weighted by molar-refractivity contribution is 9.10. The molecule has 0 aliphatic carbocycles. The zero-order valence-electron chi connectivity index (χ0n) is 8.71. The van der Waals surface area contributed by atoms with Crippen molar-refractivity contribution in [3.63, 3.8) is 0 Å². The molecular formula is C10H9BrFN3S. The Labute approximate surface area is 106 Å². The van der Waals surface area contributed by atoms with E-state index >= 15 is 0 Å². The molecule has 0 aliphatic rings.